The number of piperazine rings is 1. The van der Waals surface area contributed by atoms with Gasteiger partial charge < -0.3 is 9.64 Å². The molecule has 1 N–H and O–H groups in total. The smallest absolute Gasteiger partial charge is 0.243 e. The van der Waals surface area contributed by atoms with Crippen LogP contribution in [0.5, 0.6) is 5.75 Å². The molecule has 0 amide bonds. The summed E-state index contributed by atoms with van der Waals surface area (Å²) in [6.45, 7) is 3.14. The highest BCUT2D eigenvalue weighted by atomic mass is 32.2. The van der Waals surface area contributed by atoms with E-state index in [4.69, 9.17) is 4.74 Å². The van der Waals surface area contributed by atoms with E-state index in [-0.39, 0.29) is 4.90 Å². The third kappa shape index (κ3) is 4.00. The fourth-order valence-electron chi connectivity index (χ4n) is 3.09. The van der Waals surface area contributed by atoms with Crippen LogP contribution in [0, 0.1) is 5.82 Å². The summed E-state index contributed by atoms with van der Waals surface area (Å²) in [7, 11) is -1.91. The fourth-order valence-corrected chi connectivity index (χ4v) is 4.54. The molecular formula is C18H22FN2O3S+. The predicted molar refractivity (Wildman–Crippen MR) is 92.6 cm³/mol. The Labute approximate surface area is 147 Å². The van der Waals surface area contributed by atoms with Gasteiger partial charge in [-0.15, -0.1) is 0 Å². The summed E-state index contributed by atoms with van der Waals surface area (Å²) >= 11 is 0. The second-order valence-electron chi connectivity index (χ2n) is 6.10. The minimum absolute atomic E-state index is 0.141. The van der Waals surface area contributed by atoms with Gasteiger partial charge in [0.05, 0.1) is 38.2 Å². The molecule has 2 aromatic carbocycles. The summed E-state index contributed by atoms with van der Waals surface area (Å²) in [6.07, 6.45) is 0. The monoisotopic (exact) mass is 365 g/mol. The highest BCUT2D eigenvalue weighted by Gasteiger charge is 2.30. The van der Waals surface area contributed by atoms with Gasteiger partial charge in [0, 0.05) is 5.56 Å². The minimum Gasteiger partial charge on any atom is -0.496 e. The number of methoxy groups -OCH3 is 1. The van der Waals surface area contributed by atoms with Crippen LogP contribution in [0.4, 0.5) is 4.39 Å². The Bertz CT molecular complexity index is 816. The maximum atomic E-state index is 13.0. The van der Waals surface area contributed by atoms with E-state index in [1.807, 2.05) is 24.3 Å². The van der Waals surface area contributed by atoms with Crippen LogP contribution in [0.25, 0.3) is 0 Å². The Morgan fingerprint density at radius 1 is 1.08 bits per heavy atom. The van der Waals surface area contributed by atoms with E-state index in [2.05, 4.69) is 0 Å². The first-order chi connectivity index (χ1) is 12.0. The van der Waals surface area contributed by atoms with Gasteiger partial charge in [0.2, 0.25) is 10.0 Å². The number of benzene rings is 2. The van der Waals surface area contributed by atoms with E-state index in [1.54, 1.807) is 7.11 Å². The van der Waals surface area contributed by atoms with Crippen LogP contribution in [-0.4, -0.2) is 46.0 Å². The molecule has 0 unspecified atom stereocenters. The molecule has 2 aromatic rings. The third-order valence-corrected chi connectivity index (χ3v) is 6.43. The van der Waals surface area contributed by atoms with Gasteiger partial charge in [0.25, 0.3) is 0 Å². The molecule has 1 aliphatic heterocycles. The normalized spacial score (nSPS) is 16.7. The molecule has 3 rings (SSSR count). The lowest BCUT2D eigenvalue weighted by molar-refractivity contribution is -0.917. The topological polar surface area (TPSA) is 51.1 Å². The van der Waals surface area contributed by atoms with Crippen LogP contribution in [0.15, 0.2) is 53.4 Å². The first-order valence-electron chi connectivity index (χ1n) is 8.22. The van der Waals surface area contributed by atoms with E-state index in [0.717, 1.165) is 30.9 Å². The van der Waals surface area contributed by atoms with E-state index >= 15 is 0 Å². The minimum atomic E-state index is -3.56. The SMILES string of the molecule is COc1ccccc1C[NH+]1CCN(S(=O)(=O)c2ccc(F)cc2)CC1. The van der Waals surface area contributed by atoms with Crippen molar-refractivity contribution in [2.45, 2.75) is 11.4 Å². The summed E-state index contributed by atoms with van der Waals surface area (Å²) in [5, 5.41) is 0. The number of nitrogens with zero attached hydrogens (tertiary/aromatic N) is 1. The van der Waals surface area contributed by atoms with Crippen LogP contribution < -0.4 is 9.64 Å². The lowest BCUT2D eigenvalue weighted by Crippen LogP contribution is -3.13. The van der Waals surface area contributed by atoms with Gasteiger partial charge in [-0.05, 0) is 36.4 Å². The zero-order valence-corrected chi connectivity index (χ0v) is 14.9. The van der Waals surface area contributed by atoms with Gasteiger partial charge in [0.15, 0.2) is 0 Å². The molecule has 1 fully saturated rings. The summed E-state index contributed by atoms with van der Waals surface area (Å²) in [5.74, 6) is 0.418. The molecule has 25 heavy (non-hydrogen) atoms. The Morgan fingerprint density at radius 2 is 1.72 bits per heavy atom. The second kappa shape index (κ2) is 7.51. The zero-order valence-electron chi connectivity index (χ0n) is 14.1. The van der Waals surface area contributed by atoms with Gasteiger partial charge in [0.1, 0.15) is 18.1 Å². The molecule has 0 aromatic heterocycles. The number of quaternary nitrogens is 1. The number of rotatable bonds is 5. The van der Waals surface area contributed by atoms with Crippen molar-refractivity contribution in [1.82, 2.24) is 4.31 Å². The van der Waals surface area contributed by atoms with Crippen molar-refractivity contribution in [1.29, 1.82) is 0 Å². The van der Waals surface area contributed by atoms with Crippen LogP contribution in [0.3, 0.4) is 0 Å². The first kappa shape index (κ1) is 17.8. The maximum Gasteiger partial charge on any atom is 0.243 e. The quantitative estimate of drug-likeness (QED) is 0.858. The van der Waals surface area contributed by atoms with Gasteiger partial charge in [-0.1, -0.05) is 12.1 Å². The lowest BCUT2D eigenvalue weighted by Gasteiger charge is -2.31. The molecule has 0 spiro atoms. The predicted octanol–water partition coefficient (Wildman–Crippen LogP) is 0.924. The molecule has 0 aliphatic carbocycles. The maximum absolute atomic E-state index is 13.0. The average Bonchev–Trinajstić information content (AvgIpc) is 2.63. The Balaban J connectivity index is 1.64. The molecule has 5 nitrogen and oxygen atoms in total. The van der Waals surface area contributed by atoms with Gasteiger partial charge >= 0.3 is 0 Å². The van der Waals surface area contributed by atoms with E-state index in [1.165, 1.54) is 33.5 Å². The Morgan fingerprint density at radius 3 is 2.36 bits per heavy atom. The van der Waals surface area contributed by atoms with Gasteiger partial charge in [-0.2, -0.15) is 4.31 Å². The largest absolute Gasteiger partial charge is 0.496 e. The fraction of sp³-hybridized carbons (Fsp3) is 0.333. The molecule has 1 aliphatic rings. The molecule has 1 saturated heterocycles. The van der Waals surface area contributed by atoms with Crippen molar-refractivity contribution < 1.29 is 22.4 Å². The zero-order chi connectivity index (χ0) is 17.9. The van der Waals surface area contributed by atoms with Crippen molar-refractivity contribution in [2.24, 2.45) is 0 Å². The van der Waals surface area contributed by atoms with Crippen molar-refractivity contribution in [3.05, 3.63) is 59.9 Å². The first-order valence-corrected chi connectivity index (χ1v) is 9.66. The Hall–Kier alpha value is -1.96. The number of halogens is 1. The van der Waals surface area contributed by atoms with E-state index in [9.17, 15) is 12.8 Å². The molecule has 7 heteroatoms. The summed E-state index contributed by atoms with van der Waals surface area (Å²) in [6, 6.07) is 12.9. The van der Waals surface area contributed by atoms with E-state index < -0.39 is 15.8 Å². The molecular weight excluding hydrogens is 343 g/mol. The summed E-state index contributed by atoms with van der Waals surface area (Å²) < 4.78 is 45.1. The number of nitrogens with one attached hydrogen (secondary N) is 1. The molecule has 0 radical (unpaired) electrons. The summed E-state index contributed by atoms with van der Waals surface area (Å²) in [5.41, 5.74) is 1.12. The van der Waals surface area contributed by atoms with Gasteiger partial charge in [-0.25, -0.2) is 12.8 Å². The Kier molecular flexibility index (Phi) is 5.36. The molecule has 0 bridgehead atoms. The van der Waals surface area contributed by atoms with Crippen LogP contribution in [-0.2, 0) is 16.6 Å². The van der Waals surface area contributed by atoms with Crippen molar-refractivity contribution in [3.8, 4) is 5.75 Å². The average molecular weight is 365 g/mol. The van der Waals surface area contributed by atoms with E-state index in [0.29, 0.717) is 13.1 Å². The van der Waals surface area contributed by atoms with Crippen molar-refractivity contribution in [2.75, 3.05) is 33.3 Å². The lowest BCUT2D eigenvalue weighted by atomic mass is 10.2. The standard InChI is InChI=1S/C18H21FN2O3S/c1-24-18-5-3-2-4-15(18)14-20-10-12-21(13-11-20)25(22,23)17-8-6-16(19)7-9-17/h2-9H,10-14H2,1H3/p+1. The van der Waals surface area contributed by atoms with Crippen molar-refractivity contribution in [3.63, 3.8) is 0 Å². The third-order valence-electron chi connectivity index (χ3n) is 4.51. The number of hydrogen-bond donors (Lipinski definition) is 1. The molecule has 0 atom stereocenters. The summed E-state index contributed by atoms with van der Waals surface area (Å²) in [4.78, 5) is 1.46. The second-order valence-corrected chi connectivity index (χ2v) is 8.03. The molecule has 0 saturated carbocycles. The number of sulfonamides is 1. The number of ether oxygens (including phenoxy) is 1. The van der Waals surface area contributed by atoms with Crippen molar-refractivity contribution >= 4 is 10.0 Å². The van der Waals surface area contributed by atoms with Gasteiger partial charge in [-0.3, -0.25) is 0 Å². The highest BCUT2D eigenvalue weighted by molar-refractivity contribution is 7.89. The number of hydrogen-bond acceptors (Lipinski definition) is 3. The molecule has 134 valence electrons. The van der Waals surface area contributed by atoms with Crippen LogP contribution >= 0.6 is 0 Å². The number of para-hydroxylation sites is 1. The van der Waals surface area contributed by atoms with Crippen LogP contribution in [0.2, 0.25) is 0 Å². The molecule has 1 heterocycles. The highest BCUT2D eigenvalue weighted by Crippen LogP contribution is 2.17. The van der Waals surface area contributed by atoms with Crippen LogP contribution in [0.1, 0.15) is 5.56 Å².